The molecule has 1 aliphatic rings. The molecule has 30 heavy (non-hydrogen) atoms. The first-order valence-corrected chi connectivity index (χ1v) is 10.5. The number of carbonyl (C=O) groups excluding carboxylic acids is 1. The second-order valence-electron chi connectivity index (χ2n) is 6.54. The van der Waals surface area contributed by atoms with Gasteiger partial charge in [0, 0.05) is 23.7 Å². The van der Waals surface area contributed by atoms with Gasteiger partial charge in [0.05, 0.1) is 24.7 Å². The molecule has 0 atom stereocenters. The molecular weight excluding hydrogens is 422 g/mol. The monoisotopic (exact) mass is 442 g/mol. The van der Waals surface area contributed by atoms with Gasteiger partial charge in [-0.15, -0.1) is 0 Å². The number of sulfonamides is 1. The molecule has 0 spiro atoms. The number of halogens is 2. The van der Waals surface area contributed by atoms with Gasteiger partial charge in [-0.25, -0.2) is 17.2 Å². The van der Waals surface area contributed by atoms with Gasteiger partial charge in [0.15, 0.2) is 11.5 Å². The predicted octanol–water partition coefficient (Wildman–Crippen LogP) is 2.01. The summed E-state index contributed by atoms with van der Waals surface area (Å²) in [5, 5.41) is 10.5. The number of fused-ring (bicyclic) bond motifs is 1. The zero-order valence-electron chi connectivity index (χ0n) is 15.7. The van der Waals surface area contributed by atoms with E-state index >= 15 is 0 Å². The Kier molecular flexibility index (Phi) is 6.42. The SMILES string of the molecule is O=C(NCC(F)(F)CO)c1ccc(NS(=O)(=O)c2ccc3c(c2)OCCCO3)cc1. The molecule has 0 aliphatic carbocycles. The molecule has 0 aromatic heterocycles. The number of aliphatic hydroxyl groups is 1. The van der Waals surface area contributed by atoms with Gasteiger partial charge in [-0.05, 0) is 36.4 Å². The van der Waals surface area contributed by atoms with Crippen molar-refractivity contribution < 1.29 is 36.6 Å². The van der Waals surface area contributed by atoms with Gasteiger partial charge in [-0.3, -0.25) is 9.52 Å². The fourth-order valence-corrected chi connectivity index (χ4v) is 3.66. The Morgan fingerprint density at radius 1 is 1.07 bits per heavy atom. The number of aliphatic hydroxyl groups excluding tert-OH is 1. The Labute approximate surface area is 171 Å². The highest BCUT2D eigenvalue weighted by molar-refractivity contribution is 7.92. The quantitative estimate of drug-likeness (QED) is 0.605. The lowest BCUT2D eigenvalue weighted by Gasteiger charge is -2.14. The van der Waals surface area contributed by atoms with Crippen LogP contribution in [-0.4, -0.2) is 51.7 Å². The molecule has 3 N–H and O–H groups in total. The molecule has 1 aliphatic heterocycles. The molecule has 2 aromatic rings. The van der Waals surface area contributed by atoms with Crippen molar-refractivity contribution in [1.82, 2.24) is 5.32 Å². The van der Waals surface area contributed by atoms with E-state index in [0.717, 1.165) is 0 Å². The lowest BCUT2D eigenvalue weighted by atomic mass is 10.2. The maximum atomic E-state index is 13.0. The summed E-state index contributed by atoms with van der Waals surface area (Å²) >= 11 is 0. The van der Waals surface area contributed by atoms with Gasteiger partial charge >= 0.3 is 0 Å². The minimum Gasteiger partial charge on any atom is -0.490 e. The molecule has 8 nitrogen and oxygen atoms in total. The number of amides is 1. The summed E-state index contributed by atoms with van der Waals surface area (Å²) < 4.78 is 64.7. The van der Waals surface area contributed by atoms with Crippen LogP contribution in [0.1, 0.15) is 16.8 Å². The Morgan fingerprint density at radius 3 is 2.40 bits per heavy atom. The van der Waals surface area contributed by atoms with Crippen molar-refractivity contribution >= 4 is 21.6 Å². The van der Waals surface area contributed by atoms with Crippen molar-refractivity contribution in [3.05, 3.63) is 48.0 Å². The standard InChI is InChI=1S/C19H20F2N2O6S/c20-19(21,12-24)11-22-18(25)13-2-4-14(5-3-13)23-30(26,27)15-6-7-16-17(10-15)29-9-1-8-28-16/h2-7,10,23-24H,1,8-9,11-12H2,(H,22,25). The van der Waals surface area contributed by atoms with Gasteiger partial charge in [0.2, 0.25) is 0 Å². The Bertz CT molecular complexity index is 1010. The normalized spacial score (nSPS) is 14.0. The van der Waals surface area contributed by atoms with E-state index in [1.807, 2.05) is 5.32 Å². The molecule has 1 amide bonds. The summed E-state index contributed by atoms with van der Waals surface area (Å²) in [7, 11) is -3.94. The average molecular weight is 442 g/mol. The van der Waals surface area contributed by atoms with E-state index in [1.165, 1.54) is 42.5 Å². The number of nitrogens with one attached hydrogen (secondary N) is 2. The minimum atomic E-state index is -3.94. The predicted molar refractivity (Wildman–Crippen MR) is 104 cm³/mol. The first-order chi connectivity index (χ1) is 14.2. The van der Waals surface area contributed by atoms with E-state index in [-0.39, 0.29) is 16.1 Å². The van der Waals surface area contributed by atoms with E-state index in [2.05, 4.69) is 4.72 Å². The van der Waals surface area contributed by atoms with E-state index in [0.29, 0.717) is 31.1 Å². The molecule has 162 valence electrons. The maximum absolute atomic E-state index is 13.0. The fraction of sp³-hybridized carbons (Fsp3) is 0.316. The third kappa shape index (κ3) is 5.36. The van der Waals surface area contributed by atoms with Crippen LogP contribution in [0.2, 0.25) is 0 Å². The first kappa shape index (κ1) is 21.8. The van der Waals surface area contributed by atoms with Crippen molar-refractivity contribution in [3.8, 4) is 11.5 Å². The lowest BCUT2D eigenvalue weighted by molar-refractivity contribution is -0.0462. The molecule has 11 heteroatoms. The van der Waals surface area contributed by atoms with Crippen molar-refractivity contribution in [1.29, 1.82) is 0 Å². The summed E-state index contributed by atoms with van der Waals surface area (Å²) in [6.45, 7) is -1.50. The highest BCUT2D eigenvalue weighted by atomic mass is 32.2. The molecular formula is C19H20F2N2O6S. The maximum Gasteiger partial charge on any atom is 0.287 e. The van der Waals surface area contributed by atoms with Crippen LogP contribution in [0.5, 0.6) is 11.5 Å². The van der Waals surface area contributed by atoms with Gasteiger partial charge in [0.25, 0.3) is 21.9 Å². The molecule has 0 saturated carbocycles. The van der Waals surface area contributed by atoms with E-state index in [1.54, 1.807) is 0 Å². The van der Waals surface area contributed by atoms with Gasteiger partial charge in [-0.2, -0.15) is 0 Å². The number of carbonyl (C=O) groups is 1. The summed E-state index contributed by atoms with van der Waals surface area (Å²) in [4.78, 5) is 11.9. The van der Waals surface area contributed by atoms with E-state index in [9.17, 15) is 22.0 Å². The third-order valence-electron chi connectivity index (χ3n) is 4.17. The number of benzene rings is 2. The van der Waals surface area contributed by atoms with Gasteiger partial charge < -0.3 is 19.9 Å². The van der Waals surface area contributed by atoms with Crippen LogP contribution in [0.15, 0.2) is 47.4 Å². The second kappa shape index (κ2) is 8.84. The Morgan fingerprint density at radius 2 is 1.73 bits per heavy atom. The zero-order valence-corrected chi connectivity index (χ0v) is 16.5. The van der Waals surface area contributed by atoms with Crippen LogP contribution in [0.3, 0.4) is 0 Å². The number of rotatable bonds is 7. The van der Waals surface area contributed by atoms with Crippen molar-refractivity contribution in [2.45, 2.75) is 17.2 Å². The average Bonchev–Trinajstić information content (AvgIpc) is 2.97. The largest absolute Gasteiger partial charge is 0.490 e. The van der Waals surface area contributed by atoms with Crippen LogP contribution in [-0.2, 0) is 10.0 Å². The lowest BCUT2D eigenvalue weighted by Crippen LogP contribution is -2.38. The molecule has 3 rings (SSSR count). The van der Waals surface area contributed by atoms with Crippen molar-refractivity contribution in [3.63, 3.8) is 0 Å². The van der Waals surface area contributed by atoms with E-state index in [4.69, 9.17) is 14.6 Å². The van der Waals surface area contributed by atoms with Gasteiger partial charge in [0.1, 0.15) is 6.61 Å². The highest BCUT2D eigenvalue weighted by Gasteiger charge is 2.28. The number of hydrogen-bond donors (Lipinski definition) is 3. The van der Waals surface area contributed by atoms with Crippen LogP contribution in [0, 0.1) is 0 Å². The topological polar surface area (TPSA) is 114 Å². The Balaban J connectivity index is 1.69. The molecule has 0 radical (unpaired) electrons. The molecule has 0 bridgehead atoms. The zero-order chi connectivity index (χ0) is 21.8. The Hall–Kier alpha value is -2.92. The number of hydrogen-bond acceptors (Lipinski definition) is 6. The fourth-order valence-electron chi connectivity index (χ4n) is 2.58. The molecule has 0 unspecified atom stereocenters. The van der Waals surface area contributed by atoms with Crippen molar-refractivity contribution in [2.75, 3.05) is 31.1 Å². The van der Waals surface area contributed by atoms with Crippen LogP contribution in [0.4, 0.5) is 14.5 Å². The smallest absolute Gasteiger partial charge is 0.287 e. The highest BCUT2D eigenvalue weighted by Crippen LogP contribution is 2.32. The first-order valence-electron chi connectivity index (χ1n) is 9.00. The number of alkyl halides is 2. The molecule has 0 fully saturated rings. The molecule has 1 heterocycles. The van der Waals surface area contributed by atoms with Crippen LogP contribution in [0.25, 0.3) is 0 Å². The summed E-state index contributed by atoms with van der Waals surface area (Å²) in [6.07, 6.45) is 0.687. The van der Waals surface area contributed by atoms with Crippen LogP contribution < -0.4 is 19.5 Å². The van der Waals surface area contributed by atoms with Gasteiger partial charge in [-0.1, -0.05) is 0 Å². The molecule has 0 saturated heterocycles. The summed E-state index contributed by atoms with van der Waals surface area (Å²) in [5.41, 5.74) is 0.238. The molecule has 2 aromatic carbocycles. The van der Waals surface area contributed by atoms with Crippen molar-refractivity contribution in [2.24, 2.45) is 0 Å². The van der Waals surface area contributed by atoms with E-state index < -0.39 is 35.0 Å². The van der Waals surface area contributed by atoms with Crippen LogP contribution >= 0.6 is 0 Å². The minimum absolute atomic E-state index is 0.0280. The summed E-state index contributed by atoms with van der Waals surface area (Å²) in [5.74, 6) is -3.40. The second-order valence-corrected chi connectivity index (χ2v) is 8.22. The third-order valence-corrected chi connectivity index (χ3v) is 5.55. The summed E-state index contributed by atoms with van der Waals surface area (Å²) in [6, 6.07) is 9.52. The number of ether oxygens (including phenoxy) is 2. The number of anilines is 1.